The van der Waals surface area contributed by atoms with E-state index >= 15 is 0 Å². The van der Waals surface area contributed by atoms with Crippen LogP contribution in [0.2, 0.25) is 0 Å². The van der Waals surface area contributed by atoms with Crippen LogP contribution in [0.4, 0.5) is 0 Å². The Bertz CT molecular complexity index is 553. The van der Waals surface area contributed by atoms with Crippen molar-refractivity contribution in [1.82, 2.24) is 0 Å². The molecule has 0 saturated carbocycles. The maximum absolute atomic E-state index is 9.18. The summed E-state index contributed by atoms with van der Waals surface area (Å²) in [5, 5.41) is 7.58. The summed E-state index contributed by atoms with van der Waals surface area (Å²) in [6, 6.07) is 19.0. The summed E-state index contributed by atoms with van der Waals surface area (Å²) in [6.07, 6.45) is 1.69. The number of benzene rings is 2. The minimum Gasteiger partial charge on any atom is -0.302 e. The van der Waals surface area contributed by atoms with E-state index in [2.05, 4.69) is 48.5 Å². The lowest BCUT2D eigenvalue weighted by Crippen LogP contribution is -1.77. The van der Waals surface area contributed by atoms with E-state index in [1.165, 1.54) is 22.3 Å². The van der Waals surface area contributed by atoms with Crippen molar-refractivity contribution in [2.24, 2.45) is 0 Å². The second-order valence-electron chi connectivity index (χ2n) is 4.02. The highest BCUT2D eigenvalue weighted by atomic mass is 16.1. The summed E-state index contributed by atoms with van der Waals surface area (Å²) < 4.78 is 0. The predicted molar refractivity (Wildman–Crippen MR) is 71.0 cm³/mol. The van der Waals surface area contributed by atoms with Gasteiger partial charge < -0.3 is 4.79 Å². The van der Waals surface area contributed by atoms with Crippen molar-refractivity contribution >= 4 is 6.29 Å². The molecule has 0 amide bonds. The number of fused-ring (bicyclic) bond motifs is 3. The van der Waals surface area contributed by atoms with Crippen LogP contribution in [0.15, 0.2) is 48.5 Å². The van der Waals surface area contributed by atoms with Crippen molar-refractivity contribution in [2.75, 3.05) is 0 Å². The number of nitriles is 1. The summed E-state index contributed by atoms with van der Waals surface area (Å²) >= 11 is 0. The minimum absolute atomic E-state index is 0.0139. The zero-order valence-corrected chi connectivity index (χ0v) is 9.97. The smallest absolute Gasteiger partial charge is 0.134 e. The van der Waals surface area contributed by atoms with Gasteiger partial charge in [-0.1, -0.05) is 48.5 Å². The molecule has 0 heterocycles. The molecule has 0 bridgehead atoms. The maximum Gasteiger partial charge on any atom is 0.134 e. The van der Waals surface area contributed by atoms with Crippen LogP contribution in [0.3, 0.4) is 0 Å². The van der Waals surface area contributed by atoms with Crippen LogP contribution in [0.5, 0.6) is 0 Å². The van der Waals surface area contributed by atoms with Crippen molar-refractivity contribution in [1.29, 1.82) is 5.26 Å². The summed E-state index contributed by atoms with van der Waals surface area (Å²) in [5.74, 6) is 0. The molecule has 0 N–H and O–H groups in total. The first-order valence-electron chi connectivity index (χ1n) is 5.83. The van der Waals surface area contributed by atoms with Gasteiger partial charge >= 0.3 is 0 Å². The van der Waals surface area contributed by atoms with Gasteiger partial charge in [-0.2, -0.15) is 5.26 Å². The highest BCUT2D eigenvalue weighted by Crippen LogP contribution is 2.35. The Morgan fingerprint density at radius 3 is 1.89 bits per heavy atom. The van der Waals surface area contributed by atoms with Crippen LogP contribution >= 0.6 is 0 Å². The zero-order valence-electron chi connectivity index (χ0n) is 9.97. The van der Waals surface area contributed by atoms with Gasteiger partial charge in [0.25, 0.3) is 0 Å². The van der Waals surface area contributed by atoms with E-state index in [9.17, 15) is 4.79 Å². The molecule has 0 fully saturated rings. The lowest BCUT2D eigenvalue weighted by molar-refractivity contribution is -0.107. The van der Waals surface area contributed by atoms with E-state index in [0.717, 1.165) is 6.42 Å². The number of rotatable bonds is 1. The molecule has 0 aliphatic heterocycles. The molecule has 0 unspecified atom stereocenters. The molecular weight excluding hydrogens is 222 g/mol. The van der Waals surface area contributed by atoms with Crippen LogP contribution in [-0.4, -0.2) is 6.29 Å². The molecule has 0 radical (unpaired) electrons. The number of hydrogen-bond acceptors (Lipinski definition) is 2. The van der Waals surface area contributed by atoms with Crippen molar-refractivity contribution in [3.05, 3.63) is 59.7 Å². The van der Waals surface area contributed by atoms with E-state index in [4.69, 9.17) is 5.26 Å². The van der Waals surface area contributed by atoms with Crippen LogP contribution < -0.4 is 0 Å². The van der Waals surface area contributed by atoms with Crippen molar-refractivity contribution in [3.63, 3.8) is 0 Å². The fraction of sp³-hybridized carbons (Fsp3) is 0.125. The number of carbonyl (C=O) groups is 1. The zero-order chi connectivity index (χ0) is 12.8. The molecule has 3 rings (SSSR count). The molecule has 2 aromatic carbocycles. The van der Waals surface area contributed by atoms with Gasteiger partial charge in [0.2, 0.25) is 0 Å². The van der Waals surface area contributed by atoms with E-state index in [1.807, 2.05) is 0 Å². The number of hydrogen-bond donors (Lipinski definition) is 0. The van der Waals surface area contributed by atoms with Crippen molar-refractivity contribution < 1.29 is 4.79 Å². The minimum atomic E-state index is 0.0139. The van der Waals surface area contributed by atoms with E-state index in [0.29, 0.717) is 6.29 Å². The third kappa shape index (κ3) is 2.46. The van der Waals surface area contributed by atoms with Crippen molar-refractivity contribution in [3.8, 4) is 17.2 Å². The van der Waals surface area contributed by atoms with Gasteiger partial charge in [0.05, 0.1) is 12.5 Å². The van der Waals surface area contributed by atoms with Gasteiger partial charge in [-0.05, 0) is 28.7 Å². The Labute approximate surface area is 107 Å². The van der Waals surface area contributed by atoms with Crippen molar-refractivity contribution in [2.45, 2.75) is 12.8 Å². The summed E-state index contributed by atoms with van der Waals surface area (Å²) in [5.41, 5.74) is 5.75. The molecule has 1 aliphatic rings. The standard InChI is InChI=1S/C13H10.C3H3NO/c1-3-7-12-10(5-1)9-11-6-2-4-8-13(11)12;4-2-1-3-5/h1-8H,9H2;3H,1H2. The largest absolute Gasteiger partial charge is 0.302 e. The molecule has 0 atom stereocenters. The van der Waals surface area contributed by atoms with Gasteiger partial charge in [0.15, 0.2) is 0 Å². The molecule has 2 nitrogen and oxygen atoms in total. The second-order valence-corrected chi connectivity index (χ2v) is 4.02. The molecule has 18 heavy (non-hydrogen) atoms. The first kappa shape index (κ1) is 12.1. The Kier molecular flexibility index (Phi) is 3.88. The van der Waals surface area contributed by atoms with Gasteiger partial charge in [-0.25, -0.2) is 0 Å². The summed E-state index contributed by atoms with van der Waals surface area (Å²) in [7, 11) is 0. The van der Waals surface area contributed by atoms with Crippen LogP contribution in [0.25, 0.3) is 11.1 Å². The Morgan fingerprint density at radius 2 is 1.50 bits per heavy atom. The molecule has 2 heteroatoms. The Balaban J connectivity index is 0.000000209. The monoisotopic (exact) mass is 235 g/mol. The molecule has 1 aliphatic carbocycles. The summed E-state index contributed by atoms with van der Waals surface area (Å²) in [6.45, 7) is 0. The highest BCUT2D eigenvalue weighted by molar-refractivity contribution is 5.76. The second kappa shape index (κ2) is 5.79. The molecule has 0 saturated heterocycles. The molecule has 2 aromatic rings. The van der Waals surface area contributed by atoms with Gasteiger partial charge in [-0.15, -0.1) is 0 Å². The fourth-order valence-electron chi connectivity index (χ4n) is 2.12. The van der Waals surface area contributed by atoms with Gasteiger partial charge in [0.1, 0.15) is 6.29 Å². The molecule has 0 aromatic heterocycles. The number of nitrogens with zero attached hydrogens (tertiary/aromatic N) is 1. The van der Waals surface area contributed by atoms with Gasteiger partial charge in [0, 0.05) is 0 Å². The van der Waals surface area contributed by atoms with Crippen LogP contribution in [-0.2, 0) is 11.2 Å². The predicted octanol–water partition coefficient (Wildman–Crippen LogP) is 3.36. The molecular formula is C16H13NO. The average Bonchev–Trinajstić information content (AvgIpc) is 2.79. The van der Waals surface area contributed by atoms with E-state index < -0.39 is 0 Å². The lowest BCUT2D eigenvalue weighted by Gasteiger charge is -1.98. The quantitative estimate of drug-likeness (QED) is 0.607. The molecule has 88 valence electrons. The lowest BCUT2D eigenvalue weighted by atomic mass is 10.1. The SMILES string of the molecule is N#CCC=O.c1ccc2c(c1)Cc1ccccc1-2. The van der Waals surface area contributed by atoms with E-state index in [-0.39, 0.29) is 6.42 Å². The Morgan fingerprint density at radius 1 is 1.00 bits per heavy atom. The summed E-state index contributed by atoms with van der Waals surface area (Å²) in [4.78, 5) is 9.18. The third-order valence-electron chi connectivity index (χ3n) is 2.88. The highest BCUT2D eigenvalue weighted by Gasteiger charge is 2.15. The first-order valence-corrected chi connectivity index (χ1v) is 5.83. The number of carbonyl (C=O) groups excluding carboxylic acids is 1. The number of aldehydes is 1. The van der Waals surface area contributed by atoms with Gasteiger partial charge in [-0.3, -0.25) is 0 Å². The van der Waals surface area contributed by atoms with Crippen LogP contribution in [0.1, 0.15) is 17.5 Å². The third-order valence-corrected chi connectivity index (χ3v) is 2.88. The normalized spacial score (nSPS) is 10.4. The topological polar surface area (TPSA) is 40.9 Å². The maximum atomic E-state index is 9.18. The van der Waals surface area contributed by atoms with E-state index in [1.54, 1.807) is 6.07 Å². The fourth-order valence-corrected chi connectivity index (χ4v) is 2.12. The first-order chi connectivity index (χ1) is 8.86. The molecule has 0 spiro atoms. The Hall–Kier alpha value is -2.40. The van der Waals surface area contributed by atoms with Crippen LogP contribution in [0, 0.1) is 11.3 Å². The average molecular weight is 235 g/mol.